The van der Waals surface area contributed by atoms with E-state index in [2.05, 4.69) is 71.1 Å². The Morgan fingerprint density at radius 3 is 2.55 bits per heavy atom. The highest BCUT2D eigenvalue weighted by Crippen LogP contribution is 2.34. The van der Waals surface area contributed by atoms with Gasteiger partial charge in [-0.05, 0) is 77.1 Å². The molecule has 0 saturated carbocycles. The van der Waals surface area contributed by atoms with Crippen LogP contribution in [0.3, 0.4) is 0 Å². The number of nitrogens with two attached hydrogens (primary N) is 1. The van der Waals surface area contributed by atoms with Crippen LogP contribution >= 0.6 is 22.6 Å². The molecule has 2 aromatic carbocycles. The molecule has 104 valence electrons. The smallest absolute Gasteiger partial charge is 0.0453 e. The van der Waals surface area contributed by atoms with Crippen molar-refractivity contribution in [3.63, 3.8) is 0 Å². The fourth-order valence-corrected chi connectivity index (χ4v) is 3.62. The van der Waals surface area contributed by atoms with Crippen LogP contribution in [0.2, 0.25) is 0 Å². The van der Waals surface area contributed by atoms with E-state index in [0.717, 1.165) is 12.8 Å². The third-order valence-electron chi connectivity index (χ3n) is 4.31. The lowest BCUT2D eigenvalue weighted by atomic mass is 9.80. The largest absolute Gasteiger partial charge is 0.321 e. The topological polar surface area (TPSA) is 26.0 Å². The van der Waals surface area contributed by atoms with E-state index >= 15 is 0 Å². The maximum atomic E-state index is 6.84. The van der Waals surface area contributed by atoms with Gasteiger partial charge in [-0.25, -0.2) is 0 Å². The van der Waals surface area contributed by atoms with Gasteiger partial charge in [0.15, 0.2) is 0 Å². The zero-order valence-corrected chi connectivity index (χ0v) is 13.8. The number of hydrogen-bond acceptors (Lipinski definition) is 1. The van der Waals surface area contributed by atoms with Crippen molar-refractivity contribution in [2.75, 3.05) is 0 Å². The van der Waals surface area contributed by atoms with E-state index in [-0.39, 0.29) is 5.54 Å². The molecule has 1 aliphatic rings. The van der Waals surface area contributed by atoms with Gasteiger partial charge in [-0.2, -0.15) is 0 Å². The molecular weight excluding hydrogens is 357 g/mol. The molecule has 0 fully saturated rings. The molecule has 0 aliphatic heterocycles. The second-order valence-corrected chi connectivity index (χ2v) is 7.07. The van der Waals surface area contributed by atoms with Crippen molar-refractivity contribution in [3.05, 3.63) is 68.8 Å². The first kappa shape index (κ1) is 14.1. The van der Waals surface area contributed by atoms with E-state index in [1.807, 2.05) is 0 Å². The van der Waals surface area contributed by atoms with Crippen LogP contribution in [0, 0.1) is 3.57 Å². The summed E-state index contributed by atoms with van der Waals surface area (Å²) in [6.07, 6.45) is 5.65. The summed E-state index contributed by atoms with van der Waals surface area (Å²) in [6, 6.07) is 17.5. The summed E-state index contributed by atoms with van der Waals surface area (Å²) in [7, 11) is 0. The zero-order chi connectivity index (χ0) is 14.0. The van der Waals surface area contributed by atoms with Gasteiger partial charge in [0, 0.05) is 9.11 Å². The maximum Gasteiger partial charge on any atom is 0.0453 e. The molecular formula is C18H20IN. The number of fused-ring (bicyclic) bond motifs is 1. The Morgan fingerprint density at radius 1 is 1.00 bits per heavy atom. The highest BCUT2D eigenvalue weighted by Gasteiger charge is 2.31. The Kier molecular flexibility index (Phi) is 4.13. The van der Waals surface area contributed by atoms with Gasteiger partial charge in [-0.15, -0.1) is 0 Å². The van der Waals surface area contributed by atoms with E-state index in [1.165, 1.54) is 39.5 Å². The maximum absolute atomic E-state index is 6.84. The molecule has 1 nitrogen and oxygen atoms in total. The molecule has 0 amide bonds. The SMILES string of the molecule is NC1(Cc2ccc(I)cc2)CCCCc2ccccc21. The average molecular weight is 377 g/mol. The standard InChI is InChI=1S/C18H20IN/c19-16-10-8-14(9-11-16)13-18(20)12-4-3-6-15-5-1-2-7-17(15)18/h1-2,5,7-11H,3-4,6,12-13,20H2. The van der Waals surface area contributed by atoms with Gasteiger partial charge in [0.25, 0.3) is 0 Å². The summed E-state index contributed by atoms with van der Waals surface area (Å²) in [6.45, 7) is 0. The quantitative estimate of drug-likeness (QED) is 0.609. The molecule has 0 aromatic heterocycles. The lowest BCUT2D eigenvalue weighted by Gasteiger charge is -2.30. The summed E-state index contributed by atoms with van der Waals surface area (Å²) >= 11 is 2.35. The number of halogens is 1. The van der Waals surface area contributed by atoms with Crippen LogP contribution in [0.15, 0.2) is 48.5 Å². The number of benzene rings is 2. The first-order valence-electron chi connectivity index (χ1n) is 7.29. The van der Waals surface area contributed by atoms with Gasteiger partial charge < -0.3 is 5.73 Å². The molecule has 0 saturated heterocycles. The minimum absolute atomic E-state index is 0.208. The van der Waals surface area contributed by atoms with Crippen LogP contribution in [0.1, 0.15) is 36.0 Å². The predicted octanol–water partition coefficient (Wildman–Crippen LogP) is 4.41. The zero-order valence-electron chi connectivity index (χ0n) is 11.6. The normalized spacial score (nSPS) is 22.1. The first-order valence-corrected chi connectivity index (χ1v) is 8.37. The summed E-state index contributed by atoms with van der Waals surface area (Å²) < 4.78 is 1.28. The average Bonchev–Trinajstić information content (AvgIpc) is 2.62. The number of rotatable bonds is 2. The highest BCUT2D eigenvalue weighted by atomic mass is 127. The van der Waals surface area contributed by atoms with Crippen LogP contribution in [-0.4, -0.2) is 0 Å². The lowest BCUT2D eigenvalue weighted by molar-refractivity contribution is 0.398. The Balaban J connectivity index is 1.96. The minimum Gasteiger partial charge on any atom is -0.321 e. The van der Waals surface area contributed by atoms with E-state index in [0.29, 0.717) is 0 Å². The van der Waals surface area contributed by atoms with Crippen molar-refractivity contribution < 1.29 is 0 Å². The molecule has 0 heterocycles. The van der Waals surface area contributed by atoms with Crippen molar-refractivity contribution in [2.45, 2.75) is 37.6 Å². The highest BCUT2D eigenvalue weighted by molar-refractivity contribution is 14.1. The van der Waals surface area contributed by atoms with Gasteiger partial charge >= 0.3 is 0 Å². The molecule has 2 N–H and O–H groups in total. The third-order valence-corrected chi connectivity index (χ3v) is 5.02. The third kappa shape index (κ3) is 2.91. The van der Waals surface area contributed by atoms with Crippen LogP contribution in [-0.2, 0) is 18.4 Å². The van der Waals surface area contributed by atoms with Crippen LogP contribution in [0.5, 0.6) is 0 Å². The van der Waals surface area contributed by atoms with E-state index < -0.39 is 0 Å². The molecule has 2 heteroatoms. The van der Waals surface area contributed by atoms with Crippen LogP contribution in [0.25, 0.3) is 0 Å². The molecule has 2 aromatic rings. The Morgan fingerprint density at radius 2 is 1.75 bits per heavy atom. The van der Waals surface area contributed by atoms with E-state index in [9.17, 15) is 0 Å². The molecule has 0 bridgehead atoms. The van der Waals surface area contributed by atoms with Crippen molar-refractivity contribution in [1.29, 1.82) is 0 Å². The van der Waals surface area contributed by atoms with Crippen LogP contribution in [0.4, 0.5) is 0 Å². The molecule has 20 heavy (non-hydrogen) atoms. The number of aryl methyl sites for hydroxylation is 1. The van der Waals surface area contributed by atoms with Crippen molar-refractivity contribution in [3.8, 4) is 0 Å². The second-order valence-electron chi connectivity index (χ2n) is 5.82. The van der Waals surface area contributed by atoms with Gasteiger partial charge in [-0.1, -0.05) is 42.8 Å². The monoisotopic (exact) mass is 377 g/mol. The molecule has 1 unspecified atom stereocenters. The van der Waals surface area contributed by atoms with Gasteiger partial charge in [-0.3, -0.25) is 0 Å². The molecule has 0 radical (unpaired) electrons. The van der Waals surface area contributed by atoms with Gasteiger partial charge in [0.2, 0.25) is 0 Å². The lowest BCUT2D eigenvalue weighted by Crippen LogP contribution is -2.39. The summed E-state index contributed by atoms with van der Waals surface area (Å²) in [4.78, 5) is 0. The molecule has 1 atom stereocenters. The Labute approximate surface area is 134 Å². The van der Waals surface area contributed by atoms with Crippen LogP contribution < -0.4 is 5.73 Å². The van der Waals surface area contributed by atoms with E-state index in [1.54, 1.807) is 0 Å². The van der Waals surface area contributed by atoms with Gasteiger partial charge in [0.1, 0.15) is 0 Å². The van der Waals surface area contributed by atoms with Crippen molar-refractivity contribution >= 4 is 22.6 Å². The molecule has 3 rings (SSSR count). The number of hydrogen-bond donors (Lipinski definition) is 1. The minimum atomic E-state index is -0.208. The fraction of sp³-hybridized carbons (Fsp3) is 0.333. The summed E-state index contributed by atoms with van der Waals surface area (Å²) in [5, 5.41) is 0. The molecule has 0 spiro atoms. The fourth-order valence-electron chi connectivity index (χ4n) is 3.26. The Bertz CT molecular complexity index is 591. The summed E-state index contributed by atoms with van der Waals surface area (Å²) in [5.41, 5.74) is 10.8. The molecule has 1 aliphatic carbocycles. The Hall–Kier alpha value is -0.870. The predicted molar refractivity (Wildman–Crippen MR) is 92.7 cm³/mol. The first-order chi connectivity index (χ1) is 9.67. The second kappa shape index (κ2) is 5.86. The van der Waals surface area contributed by atoms with Gasteiger partial charge in [0.05, 0.1) is 0 Å². The van der Waals surface area contributed by atoms with Crippen molar-refractivity contribution in [1.82, 2.24) is 0 Å². The summed E-state index contributed by atoms with van der Waals surface area (Å²) in [5.74, 6) is 0. The van der Waals surface area contributed by atoms with Crippen molar-refractivity contribution in [2.24, 2.45) is 5.73 Å². The van der Waals surface area contributed by atoms with E-state index in [4.69, 9.17) is 5.73 Å².